The number of fused-ring (bicyclic) bond motifs is 1. The fraction of sp³-hybridized carbons (Fsp3) is 0.562. The number of hydrogen-bond donors (Lipinski definition) is 2. The highest BCUT2D eigenvalue weighted by Gasteiger charge is 2.50. The first-order valence-electron chi connectivity index (χ1n) is 14.9. The number of rotatable bonds is 12. The van der Waals surface area contributed by atoms with Gasteiger partial charge in [-0.25, -0.2) is 0 Å². The Kier molecular flexibility index (Phi) is 9.37. The lowest BCUT2D eigenvalue weighted by molar-refractivity contribution is -0.147. The number of carbonyl (C=O) groups excluding carboxylic acids is 1. The van der Waals surface area contributed by atoms with Gasteiger partial charge in [-0.15, -0.1) is 0 Å². The van der Waals surface area contributed by atoms with Crippen LogP contribution in [0.25, 0.3) is 0 Å². The molecule has 228 valence electrons. The molecule has 3 heterocycles. The number of anilines is 1. The summed E-state index contributed by atoms with van der Waals surface area (Å²) in [5, 5.41) is 10.6. The summed E-state index contributed by atoms with van der Waals surface area (Å²) in [6.07, 6.45) is 1.84. The first-order chi connectivity index (χ1) is 20.2. The van der Waals surface area contributed by atoms with Crippen molar-refractivity contribution in [2.45, 2.75) is 64.8 Å². The Morgan fingerprint density at radius 1 is 1.10 bits per heavy atom. The lowest BCUT2D eigenvalue weighted by Crippen LogP contribution is -2.47. The van der Waals surface area contributed by atoms with E-state index in [2.05, 4.69) is 11.8 Å². The molecule has 2 aromatic carbocycles. The monoisotopic (exact) mass is 581 g/mol. The smallest absolute Gasteiger partial charge is 0.308 e. The summed E-state index contributed by atoms with van der Waals surface area (Å²) in [7, 11) is 0. The summed E-state index contributed by atoms with van der Waals surface area (Å²) in [5.74, 6) is -0.787. The number of carboxylic acids is 1. The zero-order valence-corrected chi connectivity index (χ0v) is 24.8. The van der Waals surface area contributed by atoms with Crippen molar-refractivity contribution in [3.05, 3.63) is 53.6 Å². The van der Waals surface area contributed by atoms with Crippen LogP contribution in [-0.4, -0.2) is 73.9 Å². The average molecular weight is 582 g/mol. The third-order valence-electron chi connectivity index (χ3n) is 8.69. The molecule has 3 N–H and O–H groups in total. The SMILES string of the molecule is CCCCN(C(=O)CN1C[C@H](c2ccc3c(c2)OCO3)C(C(=O)O)[C@@H]1CC(C)(C)C1OCCO1)c1cccc(CN)c1. The summed E-state index contributed by atoms with van der Waals surface area (Å²) in [6, 6.07) is 13.0. The van der Waals surface area contributed by atoms with Crippen molar-refractivity contribution in [1.82, 2.24) is 4.90 Å². The van der Waals surface area contributed by atoms with Crippen LogP contribution in [0.15, 0.2) is 42.5 Å². The van der Waals surface area contributed by atoms with Gasteiger partial charge in [-0.2, -0.15) is 0 Å². The topological polar surface area (TPSA) is 124 Å². The van der Waals surface area contributed by atoms with Crippen molar-refractivity contribution < 1.29 is 33.6 Å². The molecular weight excluding hydrogens is 538 g/mol. The summed E-state index contributed by atoms with van der Waals surface area (Å²) in [4.78, 5) is 30.9. The molecule has 0 aliphatic carbocycles. The molecule has 2 fully saturated rings. The van der Waals surface area contributed by atoms with E-state index in [0.717, 1.165) is 29.7 Å². The van der Waals surface area contributed by atoms with E-state index in [9.17, 15) is 14.7 Å². The van der Waals surface area contributed by atoms with Gasteiger partial charge in [-0.3, -0.25) is 14.5 Å². The molecule has 3 aliphatic rings. The second kappa shape index (κ2) is 13.0. The van der Waals surface area contributed by atoms with Crippen LogP contribution in [0.3, 0.4) is 0 Å². The van der Waals surface area contributed by atoms with E-state index in [1.165, 1.54) is 0 Å². The normalized spacial score (nSPS) is 22.5. The molecule has 0 bridgehead atoms. The molecule has 10 heteroatoms. The van der Waals surface area contributed by atoms with E-state index in [4.69, 9.17) is 24.7 Å². The molecule has 2 saturated heterocycles. The maximum atomic E-state index is 14.1. The predicted molar refractivity (Wildman–Crippen MR) is 157 cm³/mol. The maximum absolute atomic E-state index is 14.1. The van der Waals surface area contributed by atoms with Crippen molar-refractivity contribution in [1.29, 1.82) is 0 Å². The van der Waals surface area contributed by atoms with Gasteiger partial charge in [-0.05, 0) is 48.2 Å². The number of carboxylic acid groups (broad SMARTS) is 1. The van der Waals surface area contributed by atoms with Gasteiger partial charge < -0.3 is 34.7 Å². The van der Waals surface area contributed by atoms with Gasteiger partial charge in [0.05, 0.1) is 25.7 Å². The lowest BCUT2D eigenvalue weighted by Gasteiger charge is -2.37. The molecule has 0 radical (unpaired) electrons. The quantitative estimate of drug-likeness (QED) is 0.383. The van der Waals surface area contributed by atoms with E-state index in [-0.39, 0.29) is 25.2 Å². The molecule has 5 rings (SSSR count). The second-order valence-electron chi connectivity index (χ2n) is 12.1. The highest BCUT2D eigenvalue weighted by atomic mass is 16.7. The molecule has 1 unspecified atom stereocenters. The van der Waals surface area contributed by atoms with Crippen LogP contribution in [0, 0.1) is 11.3 Å². The summed E-state index contributed by atoms with van der Waals surface area (Å²) < 4.78 is 22.8. The van der Waals surface area contributed by atoms with Crippen LogP contribution >= 0.6 is 0 Å². The van der Waals surface area contributed by atoms with E-state index in [0.29, 0.717) is 50.8 Å². The highest BCUT2D eigenvalue weighted by Crippen LogP contribution is 2.46. The number of benzene rings is 2. The van der Waals surface area contributed by atoms with Crippen molar-refractivity contribution in [2.75, 3.05) is 44.5 Å². The van der Waals surface area contributed by atoms with Crippen LogP contribution in [0.5, 0.6) is 11.5 Å². The number of amides is 1. The molecule has 10 nitrogen and oxygen atoms in total. The predicted octanol–water partition coefficient (Wildman–Crippen LogP) is 3.97. The van der Waals surface area contributed by atoms with Crippen LogP contribution < -0.4 is 20.1 Å². The number of nitrogens with zero attached hydrogens (tertiary/aromatic N) is 2. The van der Waals surface area contributed by atoms with Crippen molar-refractivity contribution in [3.63, 3.8) is 0 Å². The third kappa shape index (κ3) is 6.41. The fourth-order valence-electron chi connectivity index (χ4n) is 6.50. The van der Waals surface area contributed by atoms with Crippen molar-refractivity contribution in [2.24, 2.45) is 17.1 Å². The maximum Gasteiger partial charge on any atom is 0.308 e. The van der Waals surface area contributed by atoms with Gasteiger partial charge >= 0.3 is 5.97 Å². The Morgan fingerprint density at radius 3 is 2.57 bits per heavy atom. The lowest BCUT2D eigenvalue weighted by atomic mass is 9.77. The molecule has 0 aromatic heterocycles. The van der Waals surface area contributed by atoms with Crippen LogP contribution in [0.4, 0.5) is 5.69 Å². The standard InChI is InChI=1S/C32H43N3O7/c1-4-5-11-35(23-8-6-7-21(14-23)17-33)28(36)19-34-18-24(22-9-10-26-27(15-22)42-20-41-26)29(30(37)38)25(34)16-32(2,3)31-39-12-13-40-31/h6-10,14-15,24-25,29,31H,4-5,11-13,16-20,33H2,1-3H3,(H,37,38)/t24-,25+,29?/m1/s1. The van der Waals surface area contributed by atoms with Crippen LogP contribution in [0.1, 0.15) is 57.1 Å². The summed E-state index contributed by atoms with van der Waals surface area (Å²) >= 11 is 0. The van der Waals surface area contributed by atoms with Gasteiger partial charge in [0.15, 0.2) is 17.8 Å². The minimum atomic E-state index is -0.889. The van der Waals surface area contributed by atoms with Gasteiger partial charge in [-0.1, -0.05) is 45.4 Å². The molecule has 0 spiro atoms. The number of likely N-dealkylation sites (tertiary alicyclic amines) is 1. The number of ether oxygens (including phenoxy) is 4. The van der Waals surface area contributed by atoms with Gasteiger partial charge in [0, 0.05) is 42.7 Å². The second-order valence-corrected chi connectivity index (χ2v) is 12.1. The van der Waals surface area contributed by atoms with E-state index >= 15 is 0 Å². The highest BCUT2D eigenvalue weighted by molar-refractivity contribution is 5.95. The molecular formula is C32H43N3O7. The molecule has 0 saturated carbocycles. The number of carbonyl (C=O) groups is 2. The average Bonchev–Trinajstić information content (AvgIpc) is 3.74. The Bertz CT molecular complexity index is 1260. The van der Waals surface area contributed by atoms with E-state index < -0.39 is 29.6 Å². The van der Waals surface area contributed by atoms with Crippen molar-refractivity contribution >= 4 is 17.6 Å². The Labute approximate surface area is 247 Å². The Morgan fingerprint density at radius 2 is 1.86 bits per heavy atom. The zero-order valence-electron chi connectivity index (χ0n) is 24.8. The zero-order chi connectivity index (χ0) is 29.9. The Hall–Kier alpha value is -3.18. The summed E-state index contributed by atoms with van der Waals surface area (Å²) in [5.41, 5.74) is 8.04. The molecule has 1 amide bonds. The molecule has 3 aliphatic heterocycles. The Balaban J connectivity index is 1.47. The van der Waals surface area contributed by atoms with Crippen molar-refractivity contribution in [3.8, 4) is 11.5 Å². The number of aliphatic carboxylic acids is 1. The minimum absolute atomic E-state index is 0.0655. The van der Waals surface area contributed by atoms with E-state index in [1.54, 1.807) is 0 Å². The minimum Gasteiger partial charge on any atom is -0.481 e. The first kappa shape index (κ1) is 30.3. The van der Waals surface area contributed by atoms with Crippen LogP contribution in [0.2, 0.25) is 0 Å². The van der Waals surface area contributed by atoms with Gasteiger partial charge in [0.2, 0.25) is 12.7 Å². The first-order valence-corrected chi connectivity index (χ1v) is 14.9. The molecule has 3 atom stereocenters. The number of unbranched alkanes of at least 4 members (excludes halogenated alkanes) is 1. The summed E-state index contributed by atoms with van der Waals surface area (Å²) in [6.45, 7) is 8.81. The fourth-order valence-corrected chi connectivity index (χ4v) is 6.50. The molecule has 42 heavy (non-hydrogen) atoms. The largest absolute Gasteiger partial charge is 0.481 e. The van der Waals surface area contributed by atoms with Gasteiger partial charge in [0.25, 0.3) is 0 Å². The van der Waals surface area contributed by atoms with Gasteiger partial charge in [0.1, 0.15) is 0 Å². The van der Waals surface area contributed by atoms with E-state index in [1.807, 2.05) is 61.2 Å². The molecule has 2 aromatic rings. The number of hydrogen-bond acceptors (Lipinski definition) is 8. The third-order valence-corrected chi connectivity index (χ3v) is 8.69. The number of nitrogens with two attached hydrogens (primary N) is 1. The van der Waals surface area contributed by atoms with Crippen LogP contribution in [-0.2, 0) is 25.6 Å².